The number of carbonyl (C=O) groups is 1. The summed E-state index contributed by atoms with van der Waals surface area (Å²) in [5, 5.41) is 0.507. The molecule has 1 aromatic heterocycles. The molecular formula is C14H10Cl2N2O3. The van der Waals surface area contributed by atoms with E-state index in [0.29, 0.717) is 22.8 Å². The Labute approximate surface area is 130 Å². The molecule has 3 rings (SSSR count). The van der Waals surface area contributed by atoms with E-state index in [-0.39, 0.29) is 23.0 Å². The fourth-order valence-corrected chi connectivity index (χ4v) is 2.42. The first-order chi connectivity index (χ1) is 10.1. The van der Waals surface area contributed by atoms with Crippen molar-refractivity contribution in [2.75, 3.05) is 6.79 Å². The molecule has 21 heavy (non-hydrogen) atoms. The van der Waals surface area contributed by atoms with Gasteiger partial charge in [-0.1, -0.05) is 11.6 Å². The summed E-state index contributed by atoms with van der Waals surface area (Å²) in [5.74, 6) is 1.02. The maximum atomic E-state index is 12.2. The summed E-state index contributed by atoms with van der Waals surface area (Å²) < 4.78 is 12.0. The molecule has 7 heteroatoms. The number of imidazole rings is 1. The average Bonchev–Trinajstić information content (AvgIpc) is 3.02. The van der Waals surface area contributed by atoms with Crippen molar-refractivity contribution in [3.05, 3.63) is 46.0 Å². The summed E-state index contributed by atoms with van der Waals surface area (Å²) in [6.45, 7) is 0.173. The largest absolute Gasteiger partial charge is 0.454 e. The Kier molecular flexibility index (Phi) is 3.61. The Balaban J connectivity index is 1.84. The lowest BCUT2D eigenvalue weighted by Gasteiger charge is -2.00. The SMILES string of the molecule is Cn1c(Cl)nc(Cl)c1/C=C\C(=O)c1ccc2c(c1)OCO2. The van der Waals surface area contributed by atoms with E-state index in [0.717, 1.165) is 0 Å². The van der Waals surface area contributed by atoms with Crippen LogP contribution >= 0.6 is 23.2 Å². The minimum absolute atomic E-state index is 0.173. The van der Waals surface area contributed by atoms with Crippen LogP contribution in [0.2, 0.25) is 10.4 Å². The zero-order valence-corrected chi connectivity index (χ0v) is 12.5. The van der Waals surface area contributed by atoms with Gasteiger partial charge in [0.2, 0.25) is 12.1 Å². The van der Waals surface area contributed by atoms with Gasteiger partial charge in [-0.05, 0) is 42.0 Å². The fourth-order valence-electron chi connectivity index (χ4n) is 1.93. The number of ether oxygens (including phenoxy) is 2. The lowest BCUT2D eigenvalue weighted by atomic mass is 10.1. The van der Waals surface area contributed by atoms with Crippen LogP contribution in [0.25, 0.3) is 6.08 Å². The topological polar surface area (TPSA) is 53.4 Å². The highest BCUT2D eigenvalue weighted by Crippen LogP contribution is 2.32. The number of rotatable bonds is 3. The van der Waals surface area contributed by atoms with Crippen LogP contribution in [0.15, 0.2) is 24.3 Å². The summed E-state index contributed by atoms with van der Waals surface area (Å²) in [6.07, 6.45) is 2.99. The molecule has 0 saturated carbocycles. The first kappa shape index (κ1) is 14.0. The Morgan fingerprint density at radius 3 is 2.81 bits per heavy atom. The van der Waals surface area contributed by atoms with Crippen molar-refractivity contribution >= 4 is 35.1 Å². The molecule has 0 aliphatic carbocycles. The van der Waals surface area contributed by atoms with Gasteiger partial charge in [0.25, 0.3) is 0 Å². The molecule has 0 spiro atoms. The van der Waals surface area contributed by atoms with E-state index in [1.807, 2.05) is 0 Å². The van der Waals surface area contributed by atoms with Crippen LogP contribution in [0.1, 0.15) is 16.1 Å². The number of aromatic nitrogens is 2. The highest BCUT2D eigenvalue weighted by atomic mass is 35.5. The number of carbonyl (C=O) groups excluding carboxylic acids is 1. The first-order valence-corrected chi connectivity index (χ1v) is 6.81. The second-order valence-electron chi connectivity index (χ2n) is 4.38. The molecule has 2 aromatic rings. The van der Waals surface area contributed by atoms with E-state index < -0.39 is 0 Å². The van der Waals surface area contributed by atoms with Crippen molar-refractivity contribution in [1.82, 2.24) is 9.55 Å². The Morgan fingerprint density at radius 2 is 2.10 bits per heavy atom. The van der Waals surface area contributed by atoms with Crippen molar-refractivity contribution in [2.24, 2.45) is 7.05 Å². The molecule has 0 amide bonds. The number of halogens is 2. The van der Waals surface area contributed by atoms with Crippen LogP contribution in [-0.2, 0) is 7.05 Å². The molecule has 1 aliphatic heterocycles. The fraction of sp³-hybridized carbons (Fsp3) is 0.143. The van der Waals surface area contributed by atoms with Crippen LogP contribution in [-0.4, -0.2) is 22.1 Å². The number of benzene rings is 1. The highest BCUT2D eigenvalue weighted by Gasteiger charge is 2.15. The molecule has 1 aromatic carbocycles. The molecule has 0 unspecified atom stereocenters. The van der Waals surface area contributed by atoms with Gasteiger partial charge < -0.3 is 14.0 Å². The zero-order valence-electron chi connectivity index (χ0n) is 11.0. The summed E-state index contributed by atoms with van der Waals surface area (Å²) in [7, 11) is 1.71. The third-order valence-corrected chi connectivity index (χ3v) is 3.71. The van der Waals surface area contributed by atoms with Gasteiger partial charge in [-0.15, -0.1) is 0 Å². The van der Waals surface area contributed by atoms with Crippen molar-refractivity contribution in [3.8, 4) is 11.5 Å². The van der Waals surface area contributed by atoms with Gasteiger partial charge in [-0.2, -0.15) is 0 Å². The molecule has 0 N–H and O–H groups in total. The minimum Gasteiger partial charge on any atom is -0.454 e. The summed E-state index contributed by atoms with van der Waals surface area (Å²) in [6, 6.07) is 5.03. The minimum atomic E-state index is -0.179. The monoisotopic (exact) mass is 324 g/mol. The van der Waals surface area contributed by atoms with Gasteiger partial charge in [0.05, 0.1) is 5.69 Å². The van der Waals surface area contributed by atoms with Crippen LogP contribution in [0.5, 0.6) is 11.5 Å². The van der Waals surface area contributed by atoms with Gasteiger partial charge in [-0.25, -0.2) is 4.98 Å². The molecule has 1 aliphatic rings. The molecular weight excluding hydrogens is 315 g/mol. The van der Waals surface area contributed by atoms with Gasteiger partial charge in [0.15, 0.2) is 22.4 Å². The molecule has 0 radical (unpaired) electrons. The molecule has 108 valence electrons. The second kappa shape index (κ2) is 5.42. The standard InChI is InChI=1S/C14H10Cl2N2O3/c1-18-9(13(15)17-14(18)16)3-4-10(19)8-2-5-11-12(6-8)21-7-20-11/h2-6H,7H2,1H3/b4-3-. The van der Waals surface area contributed by atoms with E-state index in [4.69, 9.17) is 32.7 Å². The zero-order chi connectivity index (χ0) is 15.0. The number of fused-ring (bicyclic) bond motifs is 1. The third kappa shape index (κ3) is 2.62. The van der Waals surface area contributed by atoms with Gasteiger partial charge >= 0.3 is 0 Å². The van der Waals surface area contributed by atoms with E-state index in [1.165, 1.54) is 6.08 Å². The van der Waals surface area contributed by atoms with Crippen LogP contribution in [0.4, 0.5) is 0 Å². The highest BCUT2D eigenvalue weighted by molar-refractivity contribution is 6.33. The molecule has 0 atom stereocenters. The van der Waals surface area contributed by atoms with E-state index in [2.05, 4.69) is 4.98 Å². The number of hydrogen-bond acceptors (Lipinski definition) is 4. The summed E-state index contributed by atoms with van der Waals surface area (Å²) in [5.41, 5.74) is 1.07. The smallest absolute Gasteiger partial charge is 0.231 e. The summed E-state index contributed by atoms with van der Waals surface area (Å²) in [4.78, 5) is 16.1. The first-order valence-electron chi connectivity index (χ1n) is 6.06. The molecule has 0 fully saturated rings. The van der Waals surface area contributed by atoms with Crippen molar-refractivity contribution < 1.29 is 14.3 Å². The second-order valence-corrected chi connectivity index (χ2v) is 5.08. The average molecular weight is 325 g/mol. The molecule has 5 nitrogen and oxygen atoms in total. The van der Waals surface area contributed by atoms with E-state index >= 15 is 0 Å². The maximum absolute atomic E-state index is 12.2. The van der Waals surface area contributed by atoms with Crippen molar-refractivity contribution in [1.29, 1.82) is 0 Å². The molecule has 0 saturated heterocycles. The third-order valence-electron chi connectivity index (χ3n) is 3.09. The number of hydrogen-bond donors (Lipinski definition) is 0. The van der Waals surface area contributed by atoms with Crippen LogP contribution in [0, 0.1) is 0 Å². The summed E-state index contributed by atoms with van der Waals surface area (Å²) >= 11 is 11.8. The van der Waals surface area contributed by atoms with Crippen molar-refractivity contribution in [2.45, 2.75) is 0 Å². The number of ketones is 1. The molecule has 2 heterocycles. The Morgan fingerprint density at radius 1 is 1.33 bits per heavy atom. The normalized spacial score (nSPS) is 13.1. The van der Waals surface area contributed by atoms with Gasteiger partial charge in [-0.3, -0.25) is 4.79 Å². The van der Waals surface area contributed by atoms with Gasteiger partial charge in [0, 0.05) is 12.6 Å². The van der Waals surface area contributed by atoms with E-state index in [9.17, 15) is 4.79 Å². The maximum Gasteiger partial charge on any atom is 0.231 e. The number of allylic oxidation sites excluding steroid dienone is 1. The van der Waals surface area contributed by atoms with Crippen LogP contribution < -0.4 is 9.47 Å². The lowest BCUT2D eigenvalue weighted by molar-refractivity contribution is 0.104. The lowest BCUT2D eigenvalue weighted by Crippen LogP contribution is -1.96. The quantitative estimate of drug-likeness (QED) is 0.641. The predicted octanol–water partition coefficient (Wildman–Crippen LogP) is 3.35. The van der Waals surface area contributed by atoms with E-state index in [1.54, 1.807) is 35.9 Å². The predicted molar refractivity (Wildman–Crippen MR) is 79.2 cm³/mol. The Bertz CT molecular complexity index is 753. The number of nitrogens with zero attached hydrogens (tertiary/aromatic N) is 2. The van der Waals surface area contributed by atoms with Crippen molar-refractivity contribution in [3.63, 3.8) is 0 Å². The Hall–Kier alpha value is -1.98. The molecule has 0 bridgehead atoms. The van der Waals surface area contributed by atoms with Crippen LogP contribution in [0.3, 0.4) is 0 Å². The van der Waals surface area contributed by atoms with Gasteiger partial charge in [0.1, 0.15) is 0 Å².